The molecule has 2 heterocycles. The molecular weight excluding hydrogens is 496 g/mol. The average molecular weight is 533 g/mol. The molecule has 2 aliphatic carbocycles. The third-order valence-corrected chi connectivity index (χ3v) is 10.2. The van der Waals surface area contributed by atoms with E-state index in [2.05, 4.69) is 0 Å². The first-order valence-electron chi connectivity index (χ1n) is 13.1. The molecule has 196 valence electrons. The molecule has 2 saturated carbocycles. The fraction of sp³-hybridized carbons (Fsp3) is 0.630. The molecule has 1 aliphatic heterocycles. The molecule has 7 nitrogen and oxygen atoms in total. The standard InChI is InChI=1S/C27H36N2O5S2/c1-36(31,32)25-7-5-24(6-8-25)33-17-23-18-35-26(28-23)22-9-11-29(12-10-22)27(30)34-16-21-14-19-3-2-4-20(13-19)15-21/h5-8,18-22H,2-4,9-17H2,1H3. The molecule has 9 heteroatoms. The number of rotatable bonds is 7. The van der Waals surface area contributed by atoms with Crippen LogP contribution in [0.3, 0.4) is 0 Å². The van der Waals surface area contributed by atoms with E-state index in [1.54, 1.807) is 35.6 Å². The Morgan fingerprint density at radius 3 is 2.42 bits per heavy atom. The Kier molecular flexibility index (Phi) is 7.86. The predicted octanol–water partition coefficient (Wildman–Crippen LogP) is 5.66. The van der Waals surface area contributed by atoms with E-state index in [0.29, 0.717) is 43.9 Å². The number of hydrogen-bond acceptors (Lipinski definition) is 7. The van der Waals surface area contributed by atoms with Crippen molar-refractivity contribution < 1.29 is 22.7 Å². The molecule has 0 spiro atoms. The van der Waals surface area contributed by atoms with Crippen LogP contribution in [0.2, 0.25) is 0 Å². The third kappa shape index (κ3) is 6.40. The van der Waals surface area contributed by atoms with E-state index in [0.717, 1.165) is 35.4 Å². The normalized spacial score (nSPS) is 24.9. The SMILES string of the molecule is CS(=O)(=O)c1ccc(OCc2csc(C3CCN(C(=O)OCC4CC5CCCC(C5)C4)CC3)n2)cc1. The number of sulfone groups is 1. The summed E-state index contributed by atoms with van der Waals surface area (Å²) in [5, 5.41) is 3.10. The van der Waals surface area contributed by atoms with Crippen LogP contribution in [-0.4, -0.2) is 50.3 Å². The summed E-state index contributed by atoms with van der Waals surface area (Å²) in [4.78, 5) is 19.6. The van der Waals surface area contributed by atoms with Gasteiger partial charge in [0.25, 0.3) is 0 Å². The van der Waals surface area contributed by atoms with Gasteiger partial charge in [0.1, 0.15) is 12.4 Å². The molecular formula is C27H36N2O5S2. The number of aromatic nitrogens is 1. The number of thiazole rings is 1. The van der Waals surface area contributed by atoms with Gasteiger partial charge < -0.3 is 14.4 Å². The van der Waals surface area contributed by atoms with Crippen LogP contribution >= 0.6 is 11.3 Å². The summed E-state index contributed by atoms with van der Waals surface area (Å²) >= 11 is 1.64. The van der Waals surface area contributed by atoms with Crippen molar-refractivity contribution >= 4 is 27.3 Å². The maximum absolute atomic E-state index is 12.7. The van der Waals surface area contributed by atoms with Crippen molar-refractivity contribution in [2.24, 2.45) is 17.8 Å². The maximum atomic E-state index is 12.7. The van der Waals surface area contributed by atoms with Gasteiger partial charge in [-0.2, -0.15) is 0 Å². The molecule has 1 amide bonds. The van der Waals surface area contributed by atoms with E-state index in [-0.39, 0.29) is 11.0 Å². The molecule has 3 aliphatic rings. The largest absolute Gasteiger partial charge is 0.487 e. The fourth-order valence-corrected chi connectivity index (χ4v) is 7.72. The van der Waals surface area contributed by atoms with Gasteiger partial charge in [0.05, 0.1) is 22.2 Å². The summed E-state index contributed by atoms with van der Waals surface area (Å²) in [5.41, 5.74) is 0.862. The number of benzene rings is 1. The average Bonchev–Trinajstić information content (AvgIpc) is 3.35. The van der Waals surface area contributed by atoms with Crippen molar-refractivity contribution in [1.82, 2.24) is 9.88 Å². The van der Waals surface area contributed by atoms with Crippen LogP contribution in [0.25, 0.3) is 0 Å². The second-order valence-electron chi connectivity index (χ2n) is 10.8. The highest BCUT2D eigenvalue weighted by molar-refractivity contribution is 7.90. The van der Waals surface area contributed by atoms with Crippen LogP contribution < -0.4 is 4.74 Å². The van der Waals surface area contributed by atoms with Gasteiger partial charge in [-0.3, -0.25) is 0 Å². The van der Waals surface area contributed by atoms with E-state index < -0.39 is 9.84 Å². The topological polar surface area (TPSA) is 85.8 Å². The van der Waals surface area contributed by atoms with Crippen molar-refractivity contribution in [3.05, 3.63) is 40.3 Å². The number of hydrogen-bond donors (Lipinski definition) is 0. The summed E-state index contributed by atoms with van der Waals surface area (Å²) in [7, 11) is -3.22. The minimum absolute atomic E-state index is 0.153. The molecule has 2 aromatic rings. The van der Waals surface area contributed by atoms with E-state index in [1.807, 2.05) is 10.3 Å². The Bertz CT molecular complexity index is 1130. The van der Waals surface area contributed by atoms with Crippen molar-refractivity contribution in [3.8, 4) is 5.75 Å². The Morgan fingerprint density at radius 2 is 1.75 bits per heavy atom. The van der Waals surface area contributed by atoms with Gasteiger partial charge in [-0.25, -0.2) is 18.2 Å². The van der Waals surface area contributed by atoms with E-state index in [9.17, 15) is 13.2 Å². The number of piperidine rings is 1. The van der Waals surface area contributed by atoms with Crippen LogP contribution in [0, 0.1) is 17.8 Å². The van der Waals surface area contributed by atoms with Crippen molar-refractivity contribution in [3.63, 3.8) is 0 Å². The van der Waals surface area contributed by atoms with Gasteiger partial charge in [-0.15, -0.1) is 11.3 Å². The molecule has 1 aromatic heterocycles. The van der Waals surface area contributed by atoms with Crippen molar-refractivity contribution in [2.45, 2.75) is 68.8 Å². The van der Waals surface area contributed by atoms with E-state index >= 15 is 0 Å². The predicted molar refractivity (Wildman–Crippen MR) is 139 cm³/mol. The van der Waals surface area contributed by atoms with Gasteiger partial charge in [-0.05, 0) is 74.1 Å². The van der Waals surface area contributed by atoms with Crippen LogP contribution in [0.5, 0.6) is 5.75 Å². The molecule has 0 radical (unpaired) electrons. The Balaban J connectivity index is 1.05. The lowest BCUT2D eigenvalue weighted by atomic mass is 9.68. The third-order valence-electron chi connectivity index (χ3n) is 7.98. The molecule has 1 saturated heterocycles. The minimum atomic E-state index is -3.22. The maximum Gasteiger partial charge on any atom is 0.409 e. The van der Waals surface area contributed by atoms with Crippen LogP contribution in [-0.2, 0) is 21.2 Å². The minimum Gasteiger partial charge on any atom is -0.487 e. The zero-order valence-electron chi connectivity index (χ0n) is 20.9. The molecule has 0 N–H and O–H groups in total. The number of carbonyl (C=O) groups excluding carboxylic acids is 1. The van der Waals surface area contributed by atoms with Crippen molar-refractivity contribution in [1.29, 1.82) is 0 Å². The number of ether oxygens (including phenoxy) is 2. The molecule has 36 heavy (non-hydrogen) atoms. The second kappa shape index (κ2) is 11.1. The quantitative estimate of drug-likeness (QED) is 0.458. The number of likely N-dealkylation sites (tertiary alicyclic amines) is 1. The number of nitrogens with zero attached hydrogens (tertiary/aromatic N) is 2. The van der Waals surface area contributed by atoms with Gasteiger partial charge in [0, 0.05) is 30.6 Å². The van der Waals surface area contributed by atoms with Gasteiger partial charge in [0.2, 0.25) is 0 Å². The molecule has 2 bridgehead atoms. The highest BCUT2D eigenvalue weighted by atomic mass is 32.2. The van der Waals surface area contributed by atoms with E-state index in [4.69, 9.17) is 14.5 Å². The zero-order chi connectivity index (χ0) is 25.1. The summed E-state index contributed by atoms with van der Waals surface area (Å²) in [5.74, 6) is 3.21. The van der Waals surface area contributed by atoms with Gasteiger partial charge in [-0.1, -0.05) is 19.3 Å². The monoisotopic (exact) mass is 532 g/mol. The lowest BCUT2D eigenvalue weighted by molar-refractivity contribution is 0.0491. The molecule has 2 atom stereocenters. The first-order chi connectivity index (χ1) is 17.3. The highest BCUT2D eigenvalue weighted by Crippen LogP contribution is 2.42. The number of carbonyl (C=O) groups is 1. The van der Waals surface area contributed by atoms with Crippen LogP contribution in [0.1, 0.15) is 68.0 Å². The number of amides is 1. The van der Waals surface area contributed by atoms with E-state index in [1.165, 1.54) is 44.8 Å². The van der Waals surface area contributed by atoms with Crippen LogP contribution in [0.4, 0.5) is 4.79 Å². The van der Waals surface area contributed by atoms with Crippen LogP contribution in [0.15, 0.2) is 34.5 Å². The van der Waals surface area contributed by atoms with Crippen molar-refractivity contribution in [2.75, 3.05) is 26.0 Å². The number of fused-ring (bicyclic) bond motifs is 2. The second-order valence-corrected chi connectivity index (χ2v) is 13.7. The Morgan fingerprint density at radius 1 is 1.06 bits per heavy atom. The summed E-state index contributed by atoms with van der Waals surface area (Å²) in [6, 6.07) is 6.43. The summed E-state index contributed by atoms with van der Waals surface area (Å²) in [6.45, 7) is 2.33. The molecule has 3 fully saturated rings. The lowest BCUT2D eigenvalue weighted by Crippen LogP contribution is -2.39. The first-order valence-corrected chi connectivity index (χ1v) is 15.9. The lowest BCUT2D eigenvalue weighted by Gasteiger charge is -2.39. The molecule has 2 unspecified atom stereocenters. The smallest absolute Gasteiger partial charge is 0.409 e. The van der Waals surface area contributed by atoms with Gasteiger partial charge in [0.15, 0.2) is 9.84 Å². The molecule has 5 rings (SSSR count). The Hall–Kier alpha value is -2.13. The molecule has 1 aromatic carbocycles. The summed E-state index contributed by atoms with van der Waals surface area (Å²) in [6.07, 6.45) is 10.8. The Labute approximate surface area is 218 Å². The fourth-order valence-electron chi connectivity index (χ4n) is 6.11. The highest BCUT2D eigenvalue weighted by Gasteiger charge is 2.33. The summed E-state index contributed by atoms with van der Waals surface area (Å²) < 4.78 is 34.7. The first kappa shape index (κ1) is 25.5. The zero-order valence-corrected chi connectivity index (χ0v) is 22.6. The van der Waals surface area contributed by atoms with Gasteiger partial charge >= 0.3 is 6.09 Å².